The fraction of sp³-hybridized carbons (Fsp3) is 0.368. The van der Waals surface area contributed by atoms with Crippen LogP contribution in [-0.2, 0) is 11.2 Å². The number of phenols is 1. The van der Waals surface area contributed by atoms with E-state index in [-0.39, 0.29) is 17.7 Å². The van der Waals surface area contributed by atoms with Gasteiger partial charge in [0.05, 0.1) is 0 Å². The molecule has 1 unspecified atom stereocenters. The van der Waals surface area contributed by atoms with Gasteiger partial charge < -0.3 is 15.3 Å². The van der Waals surface area contributed by atoms with E-state index in [1.165, 1.54) is 0 Å². The van der Waals surface area contributed by atoms with Gasteiger partial charge in [-0.1, -0.05) is 12.1 Å². The molecular formula is C19H22N6O2. The number of fused-ring (bicyclic) bond motifs is 1. The summed E-state index contributed by atoms with van der Waals surface area (Å²) in [4.78, 5) is 13.5. The molecule has 0 radical (unpaired) electrons. The van der Waals surface area contributed by atoms with Crippen LogP contribution in [0.2, 0.25) is 0 Å². The van der Waals surface area contributed by atoms with Crippen molar-refractivity contribution in [1.82, 2.24) is 24.7 Å². The summed E-state index contributed by atoms with van der Waals surface area (Å²) in [6, 6.07) is 11.0. The molecule has 27 heavy (non-hydrogen) atoms. The maximum atomic E-state index is 11.6. The molecule has 140 valence electrons. The number of rotatable bonds is 4. The molecule has 1 saturated heterocycles. The first-order chi connectivity index (χ1) is 13.1. The van der Waals surface area contributed by atoms with Crippen LogP contribution in [0.4, 0.5) is 5.82 Å². The third-order valence-electron chi connectivity index (χ3n) is 4.84. The number of aromatic hydroxyl groups is 1. The lowest BCUT2D eigenvalue weighted by atomic mass is 10.1. The zero-order valence-electron chi connectivity index (χ0n) is 15.2. The molecular weight excluding hydrogens is 344 g/mol. The van der Waals surface area contributed by atoms with Crippen LogP contribution in [0.3, 0.4) is 0 Å². The summed E-state index contributed by atoms with van der Waals surface area (Å²) < 4.78 is 1.74. The molecule has 1 aliphatic rings. The van der Waals surface area contributed by atoms with Crippen molar-refractivity contribution in [2.45, 2.75) is 32.2 Å². The molecule has 1 amide bonds. The van der Waals surface area contributed by atoms with Crippen LogP contribution < -0.4 is 5.32 Å². The summed E-state index contributed by atoms with van der Waals surface area (Å²) in [5, 5.41) is 25.9. The molecule has 3 heterocycles. The second-order valence-electron chi connectivity index (χ2n) is 6.90. The van der Waals surface area contributed by atoms with Gasteiger partial charge >= 0.3 is 0 Å². The van der Waals surface area contributed by atoms with Crippen molar-refractivity contribution in [2.24, 2.45) is 0 Å². The Morgan fingerprint density at radius 2 is 2.04 bits per heavy atom. The van der Waals surface area contributed by atoms with Gasteiger partial charge in [0.1, 0.15) is 11.6 Å². The standard InChI is InChI=1S/C19H22N6O2/c1-13(26)24-10-2-3-15(12-24)20-17-8-9-18-21-22-19(25(18)23-17)11-14-4-6-16(27)7-5-14/h4-9,15,27H,2-3,10-12H2,1H3,(H,20,23). The van der Waals surface area contributed by atoms with Gasteiger partial charge in [0, 0.05) is 32.5 Å². The van der Waals surface area contributed by atoms with Crippen LogP contribution >= 0.6 is 0 Å². The van der Waals surface area contributed by atoms with Crippen molar-refractivity contribution in [3.63, 3.8) is 0 Å². The van der Waals surface area contributed by atoms with Gasteiger partial charge in [0.15, 0.2) is 11.5 Å². The third kappa shape index (κ3) is 3.84. The highest BCUT2D eigenvalue weighted by molar-refractivity contribution is 5.73. The summed E-state index contributed by atoms with van der Waals surface area (Å²) >= 11 is 0. The lowest BCUT2D eigenvalue weighted by Crippen LogP contribution is -2.44. The first kappa shape index (κ1) is 17.3. The number of piperidine rings is 1. The molecule has 1 fully saturated rings. The van der Waals surface area contributed by atoms with Gasteiger partial charge in [0.25, 0.3) is 0 Å². The molecule has 0 saturated carbocycles. The molecule has 2 N–H and O–H groups in total. The average molecular weight is 366 g/mol. The molecule has 0 aliphatic carbocycles. The van der Waals surface area contributed by atoms with Crippen LogP contribution in [0.15, 0.2) is 36.4 Å². The number of nitrogens with zero attached hydrogens (tertiary/aromatic N) is 5. The maximum absolute atomic E-state index is 11.6. The van der Waals surface area contributed by atoms with Crippen molar-refractivity contribution in [3.8, 4) is 5.75 Å². The highest BCUT2D eigenvalue weighted by atomic mass is 16.3. The Labute approximate surface area is 156 Å². The normalized spacial score (nSPS) is 17.2. The quantitative estimate of drug-likeness (QED) is 0.732. The van der Waals surface area contributed by atoms with Crippen LogP contribution in [0.5, 0.6) is 5.75 Å². The Hall–Kier alpha value is -3.16. The predicted octanol–water partition coefficient (Wildman–Crippen LogP) is 1.84. The lowest BCUT2D eigenvalue weighted by molar-refractivity contribution is -0.129. The summed E-state index contributed by atoms with van der Waals surface area (Å²) in [5.74, 6) is 1.82. The van der Waals surface area contributed by atoms with E-state index in [1.54, 1.807) is 23.6 Å². The number of benzene rings is 1. The minimum absolute atomic E-state index is 0.111. The summed E-state index contributed by atoms with van der Waals surface area (Å²) in [5.41, 5.74) is 1.70. The highest BCUT2D eigenvalue weighted by Crippen LogP contribution is 2.17. The van der Waals surface area contributed by atoms with Crippen molar-refractivity contribution in [1.29, 1.82) is 0 Å². The maximum Gasteiger partial charge on any atom is 0.219 e. The minimum atomic E-state index is 0.111. The number of carbonyl (C=O) groups is 1. The van der Waals surface area contributed by atoms with Crippen molar-refractivity contribution < 1.29 is 9.90 Å². The van der Waals surface area contributed by atoms with Crippen molar-refractivity contribution >= 4 is 17.4 Å². The number of aromatic nitrogens is 4. The van der Waals surface area contributed by atoms with E-state index in [9.17, 15) is 9.90 Å². The van der Waals surface area contributed by atoms with Gasteiger partial charge in [-0.2, -0.15) is 4.52 Å². The zero-order chi connectivity index (χ0) is 18.8. The number of hydrogen-bond acceptors (Lipinski definition) is 6. The van der Waals surface area contributed by atoms with Gasteiger partial charge in [-0.05, 0) is 42.7 Å². The third-order valence-corrected chi connectivity index (χ3v) is 4.84. The largest absolute Gasteiger partial charge is 0.508 e. The molecule has 1 aliphatic heterocycles. The summed E-state index contributed by atoms with van der Waals surface area (Å²) in [6.45, 7) is 3.12. The second-order valence-corrected chi connectivity index (χ2v) is 6.90. The number of anilines is 1. The Morgan fingerprint density at radius 3 is 2.81 bits per heavy atom. The topological polar surface area (TPSA) is 95.7 Å². The molecule has 0 spiro atoms. The van der Waals surface area contributed by atoms with Crippen LogP contribution in [-0.4, -0.2) is 54.9 Å². The SMILES string of the molecule is CC(=O)N1CCCC(Nc2ccc3nnc(Cc4ccc(O)cc4)n3n2)C1. The number of hydrogen-bond donors (Lipinski definition) is 2. The molecule has 0 bridgehead atoms. The van der Waals surface area contributed by atoms with Gasteiger partial charge in [0.2, 0.25) is 5.91 Å². The highest BCUT2D eigenvalue weighted by Gasteiger charge is 2.22. The molecule has 2 aromatic heterocycles. The monoisotopic (exact) mass is 366 g/mol. The number of nitrogens with one attached hydrogen (secondary N) is 1. The first-order valence-electron chi connectivity index (χ1n) is 9.10. The number of carbonyl (C=O) groups excluding carboxylic acids is 1. The molecule has 4 rings (SSSR count). The first-order valence-corrected chi connectivity index (χ1v) is 9.10. The van der Waals surface area contributed by atoms with Gasteiger partial charge in [-0.3, -0.25) is 4.79 Å². The average Bonchev–Trinajstić information content (AvgIpc) is 3.06. The minimum Gasteiger partial charge on any atom is -0.508 e. The zero-order valence-corrected chi connectivity index (χ0v) is 15.2. The van der Waals surface area contributed by atoms with E-state index < -0.39 is 0 Å². The Balaban J connectivity index is 1.53. The van der Waals surface area contributed by atoms with Crippen LogP contribution in [0.1, 0.15) is 31.2 Å². The van der Waals surface area contributed by atoms with Gasteiger partial charge in [-0.25, -0.2) is 0 Å². The molecule has 1 atom stereocenters. The molecule has 8 nitrogen and oxygen atoms in total. The van der Waals surface area contributed by atoms with Crippen LogP contribution in [0.25, 0.3) is 5.65 Å². The van der Waals surface area contributed by atoms with E-state index in [1.807, 2.05) is 29.2 Å². The lowest BCUT2D eigenvalue weighted by Gasteiger charge is -2.32. The van der Waals surface area contributed by atoms with Crippen molar-refractivity contribution in [2.75, 3.05) is 18.4 Å². The molecule has 8 heteroatoms. The van der Waals surface area contributed by atoms with E-state index in [4.69, 9.17) is 0 Å². The van der Waals surface area contributed by atoms with Crippen LogP contribution in [0, 0.1) is 0 Å². The second kappa shape index (κ2) is 7.22. The Kier molecular flexibility index (Phi) is 4.62. The predicted molar refractivity (Wildman–Crippen MR) is 101 cm³/mol. The molecule has 1 aromatic carbocycles. The van der Waals surface area contributed by atoms with E-state index in [0.717, 1.165) is 36.6 Å². The fourth-order valence-corrected chi connectivity index (χ4v) is 3.41. The van der Waals surface area contributed by atoms with E-state index in [0.29, 0.717) is 18.6 Å². The Morgan fingerprint density at radius 1 is 1.22 bits per heavy atom. The van der Waals surface area contributed by atoms with Crippen molar-refractivity contribution in [3.05, 3.63) is 47.8 Å². The van der Waals surface area contributed by atoms with E-state index in [2.05, 4.69) is 20.6 Å². The number of amides is 1. The smallest absolute Gasteiger partial charge is 0.219 e. The summed E-state index contributed by atoms with van der Waals surface area (Å²) in [6.07, 6.45) is 2.56. The Bertz CT molecular complexity index is 952. The fourth-order valence-electron chi connectivity index (χ4n) is 3.41. The van der Waals surface area contributed by atoms with E-state index >= 15 is 0 Å². The number of likely N-dealkylation sites (tertiary alicyclic amines) is 1. The summed E-state index contributed by atoms with van der Waals surface area (Å²) in [7, 11) is 0. The number of phenolic OH excluding ortho intramolecular Hbond substituents is 1. The molecule has 3 aromatic rings. The van der Waals surface area contributed by atoms with Gasteiger partial charge in [-0.15, -0.1) is 15.3 Å².